The molecular formula is C15H18N2O4S. The van der Waals surface area contributed by atoms with Crippen LogP contribution in [0.4, 0.5) is 0 Å². The molecule has 1 atom stereocenters. The van der Waals surface area contributed by atoms with Crippen LogP contribution in [0.25, 0.3) is 0 Å². The topological polar surface area (TPSA) is 96.3 Å². The number of carbonyl (C=O) groups is 1. The van der Waals surface area contributed by atoms with Gasteiger partial charge >= 0.3 is 0 Å². The summed E-state index contributed by atoms with van der Waals surface area (Å²) in [5.74, 6) is -0.924. The van der Waals surface area contributed by atoms with Crippen molar-refractivity contribution in [2.24, 2.45) is 0 Å². The molecule has 0 saturated carbocycles. The number of benzene rings is 1. The van der Waals surface area contributed by atoms with Gasteiger partial charge in [0.2, 0.25) is 15.9 Å². The molecule has 2 rings (SSSR count). The van der Waals surface area contributed by atoms with Crippen molar-refractivity contribution in [2.45, 2.75) is 37.5 Å². The van der Waals surface area contributed by atoms with Crippen molar-refractivity contribution in [1.82, 2.24) is 4.72 Å². The number of rotatable bonds is 6. The average molecular weight is 322 g/mol. The van der Waals surface area contributed by atoms with Gasteiger partial charge in [0.05, 0.1) is 23.5 Å². The molecule has 1 aliphatic heterocycles. The zero-order valence-corrected chi connectivity index (χ0v) is 12.9. The van der Waals surface area contributed by atoms with E-state index in [1.807, 2.05) is 10.8 Å². The number of carbonyl (C=O) groups excluding carboxylic acids is 1. The van der Waals surface area contributed by atoms with Gasteiger partial charge in [-0.3, -0.25) is 9.52 Å². The lowest BCUT2D eigenvalue weighted by Crippen LogP contribution is -2.32. The van der Waals surface area contributed by atoms with Gasteiger partial charge in [0.15, 0.2) is 0 Å². The molecular weight excluding hydrogens is 304 g/mol. The summed E-state index contributed by atoms with van der Waals surface area (Å²) in [4.78, 5) is 11.7. The molecule has 0 spiro atoms. The number of amides is 1. The fourth-order valence-electron chi connectivity index (χ4n) is 2.38. The minimum atomic E-state index is -3.80. The van der Waals surface area contributed by atoms with Gasteiger partial charge in [0.25, 0.3) is 0 Å². The first-order chi connectivity index (χ1) is 10.5. The van der Waals surface area contributed by atoms with Crippen molar-refractivity contribution in [3.63, 3.8) is 0 Å². The fraction of sp³-hybridized carbons (Fsp3) is 0.467. The number of ether oxygens (including phenoxy) is 1. The molecule has 6 nitrogen and oxygen atoms in total. The smallest absolute Gasteiger partial charge is 0.239 e. The second-order valence-corrected chi connectivity index (χ2v) is 6.95. The van der Waals surface area contributed by atoms with E-state index in [-0.39, 0.29) is 18.3 Å². The average Bonchev–Trinajstić information content (AvgIpc) is 2.98. The molecule has 1 saturated heterocycles. The molecule has 7 heteroatoms. The standard InChI is InChI=1S/C15H18N2O4S/c16-10-12-4-1-2-5-13(12)11-22(19,20)17-15(18)8-7-14-6-3-9-21-14/h1-2,4-5,14H,3,6-9,11H2,(H,17,18)/t14-/m1/s1. The van der Waals surface area contributed by atoms with E-state index in [1.165, 1.54) is 0 Å². The van der Waals surface area contributed by atoms with Crippen molar-refractivity contribution in [1.29, 1.82) is 5.26 Å². The van der Waals surface area contributed by atoms with Crippen LogP contribution in [0.1, 0.15) is 36.8 Å². The Labute approximate surface area is 130 Å². The van der Waals surface area contributed by atoms with Crippen molar-refractivity contribution in [2.75, 3.05) is 6.61 Å². The number of sulfonamides is 1. The van der Waals surface area contributed by atoms with E-state index in [1.54, 1.807) is 24.3 Å². The van der Waals surface area contributed by atoms with Gasteiger partial charge in [-0.05, 0) is 30.9 Å². The quantitative estimate of drug-likeness (QED) is 0.855. The van der Waals surface area contributed by atoms with E-state index in [2.05, 4.69) is 0 Å². The molecule has 0 aromatic heterocycles. The molecule has 0 radical (unpaired) electrons. The van der Waals surface area contributed by atoms with Crippen molar-refractivity contribution < 1.29 is 17.9 Å². The number of nitriles is 1. The van der Waals surface area contributed by atoms with Crippen LogP contribution in [-0.2, 0) is 25.3 Å². The third-order valence-electron chi connectivity index (χ3n) is 3.47. The monoisotopic (exact) mass is 322 g/mol. The van der Waals surface area contributed by atoms with Crippen LogP contribution in [0.15, 0.2) is 24.3 Å². The second kappa shape index (κ2) is 7.38. The Balaban J connectivity index is 1.90. The maximum Gasteiger partial charge on any atom is 0.239 e. The molecule has 22 heavy (non-hydrogen) atoms. The largest absolute Gasteiger partial charge is 0.378 e. The summed E-state index contributed by atoms with van der Waals surface area (Å²) < 4.78 is 31.4. The highest BCUT2D eigenvalue weighted by Gasteiger charge is 2.20. The van der Waals surface area contributed by atoms with Crippen LogP contribution in [0.3, 0.4) is 0 Å². The van der Waals surface area contributed by atoms with Gasteiger partial charge in [-0.15, -0.1) is 0 Å². The van der Waals surface area contributed by atoms with Crippen LogP contribution >= 0.6 is 0 Å². The SMILES string of the molecule is N#Cc1ccccc1CS(=O)(=O)NC(=O)CC[C@H]1CCCO1. The molecule has 118 valence electrons. The van der Waals surface area contributed by atoms with Crippen molar-refractivity contribution in [3.05, 3.63) is 35.4 Å². The van der Waals surface area contributed by atoms with E-state index >= 15 is 0 Å². The van der Waals surface area contributed by atoms with Gasteiger partial charge in [-0.2, -0.15) is 5.26 Å². The Morgan fingerprint density at radius 3 is 2.86 bits per heavy atom. The van der Waals surface area contributed by atoms with E-state index in [4.69, 9.17) is 10.00 Å². The van der Waals surface area contributed by atoms with Gasteiger partial charge in [-0.1, -0.05) is 18.2 Å². The molecule has 1 aromatic carbocycles. The first kappa shape index (κ1) is 16.5. The number of nitrogens with zero attached hydrogens (tertiary/aromatic N) is 1. The van der Waals surface area contributed by atoms with Crippen LogP contribution in [0.5, 0.6) is 0 Å². The molecule has 0 aliphatic carbocycles. The van der Waals surface area contributed by atoms with Crippen LogP contribution in [0, 0.1) is 11.3 Å². The Morgan fingerprint density at radius 1 is 1.41 bits per heavy atom. The highest BCUT2D eigenvalue weighted by molar-refractivity contribution is 7.89. The summed E-state index contributed by atoms with van der Waals surface area (Å²) in [5, 5.41) is 8.96. The number of hydrogen-bond donors (Lipinski definition) is 1. The predicted molar refractivity (Wildman–Crippen MR) is 80.1 cm³/mol. The zero-order chi connectivity index (χ0) is 16.0. The van der Waals surface area contributed by atoms with Crippen LogP contribution < -0.4 is 4.72 Å². The first-order valence-corrected chi connectivity index (χ1v) is 8.78. The molecule has 1 heterocycles. The summed E-state index contributed by atoms with van der Waals surface area (Å²) in [7, 11) is -3.80. The Bertz CT molecular complexity index is 673. The van der Waals surface area contributed by atoms with Crippen molar-refractivity contribution in [3.8, 4) is 6.07 Å². The summed E-state index contributed by atoms with van der Waals surface area (Å²) in [6.45, 7) is 0.704. The highest BCUT2D eigenvalue weighted by atomic mass is 32.2. The highest BCUT2D eigenvalue weighted by Crippen LogP contribution is 2.17. The predicted octanol–water partition coefficient (Wildman–Crippen LogP) is 1.46. The minimum Gasteiger partial charge on any atom is -0.378 e. The summed E-state index contributed by atoms with van der Waals surface area (Å²) >= 11 is 0. The number of hydrogen-bond acceptors (Lipinski definition) is 5. The maximum absolute atomic E-state index is 12.0. The van der Waals surface area contributed by atoms with E-state index in [0.29, 0.717) is 24.2 Å². The summed E-state index contributed by atoms with van der Waals surface area (Å²) in [5.41, 5.74) is 0.670. The van der Waals surface area contributed by atoms with Gasteiger partial charge in [0.1, 0.15) is 0 Å². The van der Waals surface area contributed by atoms with Crippen LogP contribution in [0.2, 0.25) is 0 Å². The van der Waals surface area contributed by atoms with Crippen molar-refractivity contribution >= 4 is 15.9 Å². The van der Waals surface area contributed by atoms with Gasteiger partial charge in [0, 0.05) is 13.0 Å². The van der Waals surface area contributed by atoms with Gasteiger partial charge < -0.3 is 4.74 Å². The maximum atomic E-state index is 12.0. The molecule has 1 fully saturated rings. The van der Waals surface area contributed by atoms with E-state index in [0.717, 1.165) is 12.8 Å². The zero-order valence-electron chi connectivity index (χ0n) is 12.1. The Kier molecular flexibility index (Phi) is 5.52. The molecule has 0 unspecified atom stereocenters. The third kappa shape index (κ3) is 4.83. The lowest BCUT2D eigenvalue weighted by atomic mass is 10.1. The molecule has 1 amide bonds. The second-order valence-electron chi connectivity index (χ2n) is 5.23. The number of nitrogens with one attached hydrogen (secondary N) is 1. The first-order valence-electron chi connectivity index (χ1n) is 7.13. The molecule has 1 N–H and O–H groups in total. The fourth-order valence-corrected chi connectivity index (χ4v) is 3.57. The normalized spacial score (nSPS) is 17.9. The summed E-state index contributed by atoms with van der Waals surface area (Å²) in [6.07, 6.45) is 2.58. The molecule has 0 bridgehead atoms. The van der Waals surface area contributed by atoms with E-state index < -0.39 is 15.9 Å². The molecule has 1 aromatic rings. The summed E-state index contributed by atoms with van der Waals surface area (Å²) in [6, 6.07) is 8.37. The van der Waals surface area contributed by atoms with E-state index in [9.17, 15) is 13.2 Å². The molecule has 1 aliphatic rings. The van der Waals surface area contributed by atoms with Gasteiger partial charge in [-0.25, -0.2) is 8.42 Å². The minimum absolute atomic E-state index is 0.0489. The Morgan fingerprint density at radius 2 is 2.18 bits per heavy atom. The Hall–Kier alpha value is -1.91. The lowest BCUT2D eigenvalue weighted by Gasteiger charge is -2.10. The lowest BCUT2D eigenvalue weighted by molar-refractivity contribution is -0.119. The van der Waals surface area contributed by atoms with Crippen LogP contribution in [-0.4, -0.2) is 27.0 Å². The third-order valence-corrected chi connectivity index (χ3v) is 4.70.